The first kappa shape index (κ1) is 15.6. The van der Waals surface area contributed by atoms with Crippen LogP contribution in [0.4, 0.5) is 5.69 Å². The number of nitrogens with one attached hydrogen (secondary N) is 1. The smallest absolute Gasteiger partial charge is 0.268 e. The third-order valence-corrected chi connectivity index (χ3v) is 4.46. The molecule has 0 fully saturated rings. The van der Waals surface area contributed by atoms with Crippen molar-refractivity contribution >= 4 is 21.4 Å². The first-order valence-electron chi connectivity index (χ1n) is 6.34. The van der Waals surface area contributed by atoms with Crippen LogP contribution in [-0.2, 0) is 16.4 Å². The van der Waals surface area contributed by atoms with Crippen molar-refractivity contribution in [3.8, 4) is 0 Å². The molecule has 0 atom stereocenters. The van der Waals surface area contributed by atoms with Crippen LogP contribution in [0.15, 0.2) is 12.3 Å². The third kappa shape index (κ3) is 4.59. The van der Waals surface area contributed by atoms with Gasteiger partial charge in [0.25, 0.3) is 5.91 Å². The van der Waals surface area contributed by atoms with Crippen molar-refractivity contribution in [2.24, 2.45) is 0 Å². The van der Waals surface area contributed by atoms with Gasteiger partial charge >= 0.3 is 0 Å². The first-order chi connectivity index (χ1) is 8.89. The number of amides is 1. The molecule has 1 aromatic heterocycles. The molecule has 0 spiro atoms. The number of nitrogens with two attached hydrogens (primary N) is 1. The van der Waals surface area contributed by atoms with Gasteiger partial charge in [0.05, 0.1) is 11.4 Å². The number of nitrogen functional groups attached to an aromatic ring is 1. The van der Waals surface area contributed by atoms with Crippen LogP contribution in [0, 0.1) is 0 Å². The van der Waals surface area contributed by atoms with E-state index in [1.165, 1.54) is 0 Å². The molecule has 1 rings (SSSR count). The van der Waals surface area contributed by atoms with Gasteiger partial charge in [-0.1, -0.05) is 13.8 Å². The molecule has 0 aliphatic heterocycles. The molecule has 108 valence electrons. The van der Waals surface area contributed by atoms with E-state index < -0.39 is 9.84 Å². The molecular formula is C12H21N3O3S. The summed E-state index contributed by atoms with van der Waals surface area (Å²) < 4.78 is 24.4. The zero-order valence-corrected chi connectivity index (χ0v) is 12.2. The Balaban J connectivity index is 2.63. The van der Waals surface area contributed by atoms with Gasteiger partial charge in [-0.15, -0.1) is 0 Å². The molecule has 0 unspecified atom stereocenters. The van der Waals surface area contributed by atoms with E-state index in [1.54, 1.807) is 23.8 Å². The molecule has 0 bridgehead atoms. The zero-order valence-electron chi connectivity index (χ0n) is 11.3. The van der Waals surface area contributed by atoms with Crippen LogP contribution in [0.3, 0.4) is 0 Å². The van der Waals surface area contributed by atoms with E-state index in [-0.39, 0.29) is 24.0 Å². The van der Waals surface area contributed by atoms with Crippen LogP contribution in [0.1, 0.15) is 30.8 Å². The number of hydrogen-bond acceptors (Lipinski definition) is 4. The fourth-order valence-corrected chi connectivity index (χ4v) is 2.41. The monoisotopic (exact) mass is 287 g/mol. The van der Waals surface area contributed by atoms with Gasteiger partial charge in [-0.25, -0.2) is 8.42 Å². The van der Waals surface area contributed by atoms with E-state index in [1.807, 2.05) is 6.92 Å². The maximum atomic E-state index is 11.9. The number of carbonyl (C=O) groups is 1. The molecule has 0 aliphatic rings. The minimum atomic E-state index is -3.06. The van der Waals surface area contributed by atoms with Gasteiger partial charge in [-0.3, -0.25) is 4.79 Å². The molecule has 0 saturated heterocycles. The van der Waals surface area contributed by atoms with Gasteiger partial charge in [0.1, 0.15) is 5.69 Å². The Morgan fingerprint density at radius 3 is 2.68 bits per heavy atom. The van der Waals surface area contributed by atoms with Gasteiger partial charge in [-0.2, -0.15) is 0 Å². The first-order valence-corrected chi connectivity index (χ1v) is 8.16. The predicted octanol–water partition coefficient (Wildman–Crippen LogP) is 0.645. The SMILES string of the molecule is CCCn1cc(N)cc1C(=O)NCCS(=O)(=O)CC. The van der Waals surface area contributed by atoms with Gasteiger partial charge in [-0.05, 0) is 12.5 Å². The number of nitrogens with zero attached hydrogens (tertiary/aromatic N) is 1. The van der Waals surface area contributed by atoms with Crippen molar-refractivity contribution in [3.63, 3.8) is 0 Å². The van der Waals surface area contributed by atoms with E-state index in [0.717, 1.165) is 6.42 Å². The van der Waals surface area contributed by atoms with Crippen LogP contribution in [0.5, 0.6) is 0 Å². The molecule has 6 nitrogen and oxygen atoms in total. The maximum Gasteiger partial charge on any atom is 0.268 e. The Bertz CT molecular complexity index is 534. The van der Waals surface area contributed by atoms with Gasteiger partial charge < -0.3 is 15.6 Å². The van der Waals surface area contributed by atoms with Crippen molar-refractivity contribution in [3.05, 3.63) is 18.0 Å². The van der Waals surface area contributed by atoms with Gasteiger partial charge in [0.2, 0.25) is 0 Å². The highest BCUT2D eigenvalue weighted by molar-refractivity contribution is 7.91. The van der Waals surface area contributed by atoms with Crippen LogP contribution in [-0.4, -0.2) is 36.9 Å². The Kier molecular flexibility index (Phi) is 5.41. The van der Waals surface area contributed by atoms with Crippen molar-refractivity contribution in [1.29, 1.82) is 0 Å². The van der Waals surface area contributed by atoms with Crippen molar-refractivity contribution in [2.75, 3.05) is 23.8 Å². The quantitative estimate of drug-likeness (QED) is 0.769. The minimum absolute atomic E-state index is 0.0425. The zero-order chi connectivity index (χ0) is 14.5. The third-order valence-electron chi connectivity index (χ3n) is 2.75. The summed E-state index contributed by atoms with van der Waals surface area (Å²) in [4.78, 5) is 11.9. The predicted molar refractivity (Wildman–Crippen MR) is 75.8 cm³/mol. The van der Waals surface area contributed by atoms with E-state index in [4.69, 9.17) is 5.73 Å². The summed E-state index contributed by atoms with van der Waals surface area (Å²) in [5.41, 5.74) is 6.66. The molecule has 1 heterocycles. The highest BCUT2D eigenvalue weighted by Gasteiger charge is 2.13. The Hall–Kier alpha value is -1.50. The van der Waals surface area contributed by atoms with Gasteiger partial charge in [0.15, 0.2) is 9.84 Å². The second-order valence-electron chi connectivity index (χ2n) is 4.34. The summed E-state index contributed by atoms with van der Waals surface area (Å²) >= 11 is 0. The van der Waals surface area contributed by atoms with Crippen molar-refractivity contribution < 1.29 is 13.2 Å². The van der Waals surface area contributed by atoms with Crippen LogP contribution in [0.2, 0.25) is 0 Å². The Morgan fingerprint density at radius 1 is 1.42 bits per heavy atom. The Labute approximate surface area is 113 Å². The lowest BCUT2D eigenvalue weighted by atomic mass is 10.3. The molecule has 0 aromatic carbocycles. The largest absolute Gasteiger partial charge is 0.397 e. The second kappa shape index (κ2) is 6.60. The summed E-state index contributed by atoms with van der Waals surface area (Å²) in [6, 6.07) is 1.60. The lowest BCUT2D eigenvalue weighted by Crippen LogP contribution is -2.31. The molecule has 19 heavy (non-hydrogen) atoms. The summed E-state index contributed by atoms with van der Waals surface area (Å²) in [6.45, 7) is 4.41. The fourth-order valence-electron chi connectivity index (χ4n) is 1.70. The lowest BCUT2D eigenvalue weighted by molar-refractivity contribution is 0.0946. The average Bonchev–Trinajstić information content (AvgIpc) is 2.70. The van der Waals surface area contributed by atoms with Crippen LogP contribution in [0.25, 0.3) is 0 Å². The van der Waals surface area contributed by atoms with Crippen LogP contribution < -0.4 is 11.1 Å². The number of hydrogen-bond donors (Lipinski definition) is 2. The number of rotatable bonds is 7. The highest BCUT2D eigenvalue weighted by Crippen LogP contribution is 2.11. The van der Waals surface area contributed by atoms with Crippen molar-refractivity contribution in [1.82, 2.24) is 9.88 Å². The van der Waals surface area contributed by atoms with E-state index in [0.29, 0.717) is 17.9 Å². The second-order valence-corrected chi connectivity index (χ2v) is 6.82. The topological polar surface area (TPSA) is 94.2 Å². The van der Waals surface area contributed by atoms with E-state index >= 15 is 0 Å². The standard InChI is InChI=1S/C12H21N3O3S/c1-3-6-15-9-10(13)8-11(15)12(16)14-5-7-19(17,18)4-2/h8-9H,3-7,13H2,1-2H3,(H,14,16). The number of anilines is 1. The Morgan fingerprint density at radius 2 is 2.11 bits per heavy atom. The molecule has 3 N–H and O–H groups in total. The minimum Gasteiger partial charge on any atom is -0.397 e. The summed E-state index contributed by atoms with van der Waals surface area (Å²) in [7, 11) is -3.06. The summed E-state index contributed by atoms with van der Waals surface area (Å²) in [6.07, 6.45) is 2.60. The summed E-state index contributed by atoms with van der Waals surface area (Å²) in [5.74, 6) is -0.252. The average molecular weight is 287 g/mol. The van der Waals surface area contributed by atoms with Gasteiger partial charge in [0, 0.05) is 25.0 Å². The number of aromatic nitrogens is 1. The van der Waals surface area contributed by atoms with Crippen LogP contribution >= 0.6 is 0 Å². The van der Waals surface area contributed by atoms with E-state index in [9.17, 15) is 13.2 Å². The normalized spacial score (nSPS) is 11.5. The number of carbonyl (C=O) groups excluding carboxylic acids is 1. The number of aryl methyl sites for hydroxylation is 1. The van der Waals surface area contributed by atoms with Crippen molar-refractivity contribution in [2.45, 2.75) is 26.8 Å². The fraction of sp³-hybridized carbons (Fsp3) is 0.583. The molecule has 7 heteroatoms. The molecule has 0 aliphatic carbocycles. The molecule has 0 radical (unpaired) electrons. The van der Waals surface area contributed by atoms with E-state index in [2.05, 4.69) is 5.32 Å². The molecular weight excluding hydrogens is 266 g/mol. The number of sulfone groups is 1. The summed E-state index contributed by atoms with van der Waals surface area (Å²) in [5, 5.41) is 2.61. The highest BCUT2D eigenvalue weighted by atomic mass is 32.2. The molecule has 0 saturated carbocycles. The maximum absolute atomic E-state index is 11.9. The lowest BCUT2D eigenvalue weighted by Gasteiger charge is -2.08. The molecule has 1 amide bonds. The molecule has 1 aromatic rings.